The largest absolute Gasteiger partial charge is 0.364 e. The number of aromatic amines is 2. The maximum absolute atomic E-state index is 13.5. The lowest BCUT2D eigenvalue weighted by atomic mass is 9.91. The van der Waals surface area contributed by atoms with Crippen molar-refractivity contribution in [1.82, 2.24) is 19.7 Å². The molecule has 0 amide bonds. The highest BCUT2D eigenvalue weighted by molar-refractivity contribution is 5.66. The predicted molar refractivity (Wildman–Crippen MR) is 111 cm³/mol. The summed E-state index contributed by atoms with van der Waals surface area (Å²) in [6.07, 6.45) is 5.90. The summed E-state index contributed by atoms with van der Waals surface area (Å²) in [7, 11) is 0. The number of benzene rings is 2. The van der Waals surface area contributed by atoms with E-state index in [1.54, 1.807) is 12.1 Å². The molecule has 142 valence electrons. The minimum Gasteiger partial charge on any atom is -0.364 e. The molecule has 2 N–H and O–H groups in total. The first kappa shape index (κ1) is 17.3. The van der Waals surface area contributed by atoms with Gasteiger partial charge in [0.15, 0.2) is 0 Å². The van der Waals surface area contributed by atoms with Crippen molar-refractivity contribution in [2.75, 3.05) is 0 Å². The highest BCUT2D eigenvalue weighted by Gasteiger charge is 2.25. The fourth-order valence-corrected chi connectivity index (χ4v) is 3.69. The molecule has 0 bridgehead atoms. The summed E-state index contributed by atoms with van der Waals surface area (Å²) in [5, 5.41) is 4.89. The van der Waals surface area contributed by atoms with E-state index in [0.29, 0.717) is 0 Å². The minimum atomic E-state index is -0.261. The smallest absolute Gasteiger partial charge is 0.123 e. The van der Waals surface area contributed by atoms with Crippen molar-refractivity contribution in [2.45, 2.75) is 5.92 Å². The number of hydrogen-bond donors (Lipinski definition) is 2. The molecule has 0 aliphatic carbocycles. The Labute approximate surface area is 167 Å². The van der Waals surface area contributed by atoms with Crippen molar-refractivity contribution >= 4 is 0 Å². The number of aromatic nitrogens is 4. The van der Waals surface area contributed by atoms with Gasteiger partial charge in [-0.3, -0.25) is 0 Å². The van der Waals surface area contributed by atoms with Gasteiger partial charge < -0.3 is 9.97 Å². The highest BCUT2D eigenvalue weighted by Crippen LogP contribution is 2.36. The number of nitrogens with one attached hydrogen (secondary N) is 2. The molecule has 0 saturated carbocycles. The zero-order valence-electron chi connectivity index (χ0n) is 15.6. The maximum Gasteiger partial charge on any atom is 0.123 e. The van der Waals surface area contributed by atoms with E-state index in [9.17, 15) is 4.39 Å². The van der Waals surface area contributed by atoms with E-state index in [1.165, 1.54) is 12.1 Å². The molecular weight excluding hydrogens is 363 g/mol. The van der Waals surface area contributed by atoms with Gasteiger partial charge in [0.25, 0.3) is 0 Å². The zero-order valence-corrected chi connectivity index (χ0v) is 15.6. The Kier molecular flexibility index (Phi) is 4.33. The Bertz CT molecular complexity index is 1150. The van der Waals surface area contributed by atoms with Gasteiger partial charge in [0.05, 0.1) is 17.3 Å². The van der Waals surface area contributed by atoms with Crippen molar-refractivity contribution < 1.29 is 4.39 Å². The van der Waals surface area contributed by atoms with Crippen LogP contribution in [0.15, 0.2) is 97.5 Å². The van der Waals surface area contributed by atoms with E-state index in [-0.39, 0.29) is 11.7 Å². The van der Waals surface area contributed by atoms with E-state index >= 15 is 0 Å². The molecular formula is C24H19FN4. The van der Waals surface area contributed by atoms with Gasteiger partial charge in [-0.2, -0.15) is 5.10 Å². The normalized spacial score (nSPS) is 11.2. The molecule has 29 heavy (non-hydrogen) atoms. The number of halogens is 1. The summed E-state index contributed by atoms with van der Waals surface area (Å²) in [6.45, 7) is 0. The Hall–Kier alpha value is -3.86. The summed E-state index contributed by atoms with van der Waals surface area (Å²) in [4.78, 5) is 6.69. The third kappa shape index (κ3) is 3.27. The number of rotatable bonds is 5. The van der Waals surface area contributed by atoms with Crippen LogP contribution in [0.1, 0.15) is 22.9 Å². The molecule has 0 spiro atoms. The quantitative estimate of drug-likeness (QED) is 0.413. The molecule has 4 nitrogen and oxygen atoms in total. The SMILES string of the molecule is Fc1ccc(-c2nn(-c3ccccc3)cc2C(c2ccc[nH]2)c2ccc[nH]2)cc1. The van der Waals surface area contributed by atoms with E-state index in [1.807, 2.05) is 59.5 Å². The fraction of sp³-hybridized carbons (Fsp3) is 0.0417. The predicted octanol–water partition coefficient (Wildman–Crippen LogP) is 5.51. The second-order valence-corrected chi connectivity index (χ2v) is 6.90. The van der Waals surface area contributed by atoms with Crippen molar-refractivity contribution in [3.05, 3.63) is 120 Å². The van der Waals surface area contributed by atoms with Crippen LogP contribution in [0, 0.1) is 5.82 Å². The van der Waals surface area contributed by atoms with Gasteiger partial charge in [-0.1, -0.05) is 18.2 Å². The first-order chi connectivity index (χ1) is 14.3. The van der Waals surface area contributed by atoms with Crippen molar-refractivity contribution in [1.29, 1.82) is 0 Å². The highest BCUT2D eigenvalue weighted by atomic mass is 19.1. The van der Waals surface area contributed by atoms with Gasteiger partial charge in [0, 0.05) is 41.1 Å². The van der Waals surface area contributed by atoms with E-state index in [0.717, 1.165) is 33.9 Å². The molecule has 0 saturated heterocycles. The number of para-hydroxylation sites is 1. The number of H-pyrrole nitrogens is 2. The molecule has 0 aliphatic heterocycles. The van der Waals surface area contributed by atoms with Crippen LogP contribution in [0.5, 0.6) is 0 Å². The van der Waals surface area contributed by atoms with Crippen LogP contribution in [-0.2, 0) is 0 Å². The third-order valence-corrected chi connectivity index (χ3v) is 5.06. The summed E-state index contributed by atoms with van der Waals surface area (Å²) >= 11 is 0. The van der Waals surface area contributed by atoms with Crippen LogP contribution in [-0.4, -0.2) is 19.7 Å². The van der Waals surface area contributed by atoms with Gasteiger partial charge in [0.2, 0.25) is 0 Å². The average Bonchev–Trinajstić information content (AvgIpc) is 3.53. The van der Waals surface area contributed by atoms with Gasteiger partial charge in [-0.25, -0.2) is 9.07 Å². The Morgan fingerprint density at radius 1 is 0.759 bits per heavy atom. The number of hydrogen-bond acceptors (Lipinski definition) is 1. The second-order valence-electron chi connectivity index (χ2n) is 6.90. The first-order valence-corrected chi connectivity index (χ1v) is 9.47. The van der Waals surface area contributed by atoms with E-state index < -0.39 is 0 Å². The van der Waals surface area contributed by atoms with Crippen LogP contribution in [0.25, 0.3) is 16.9 Å². The zero-order chi connectivity index (χ0) is 19.6. The van der Waals surface area contributed by atoms with Gasteiger partial charge in [-0.15, -0.1) is 0 Å². The van der Waals surface area contributed by atoms with Crippen LogP contribution in [0.2, 0.25) is 0 Å². The Morgan fingerprint density at radius 3 is 2.00 bits per heavy atom. The monoisotopic (exact) mass is 382 g/mol. The molecule has 3 heterocycles. The Morgan fingerprint density at radius 2 is 1.41 bits per heavy atom. The lowest BCUT2D eigenvalue weighted by Gasteiger charge is -2.15. The third-order valence-electron chi connectivity index (χ3n) is 5.06. The molecule has 5 heteroatoms. The van der Waals surface area contributed by atoms with Crippen molar-refractivity contribution in [3.8, 4) is 16.9 Å². The van der Waals surface area contributed by atoms with Crippen LogP contribution >= 0.6 is 0 Å². The molecule has 0 aliphatic rings. The summed E-state index contributed by atoms with van der Waals surface area (Å²) in [6, 6.07) is 24.6. The Balaban J connectivity index is 1.73. The maximum atomic E-state index is 13.5. The lowest BCUT2D eigenvalue weighted by molar-refractivity contribution is 0.628. The molecule has 3 aromatic heterocycles. The summed E-state index contributed by atoms with van der Waals surface area (Å²) in [5.41, 5.74) is 5.82. The summed E-state index contributed by atoms with van der Waals surface area (Å²) < 4.78 is 15.4. The lowest BCUT2D eigenvalue weighted by Crippen LogP contribution is -2.05. The molecule has 5 rings (SSSR count). The van der Waals surface area contributed by atoms with Gasteiger partial charge >= 0.3 is 0 Å². The van der Waals surface area contributed by atoms with Crippen LogP contribution in [0.4, 0.5) is 4.39 Å². The minimum absolute atomic E-state index is 0.0579. The van der Waals surface area contributed by atoms with Crippen LogP contribution < -0.4 is 0 Å². The molecule has 0 atom stereocenters. The molecule has 0 unspecified atom stereocenters. The topological polar surface area (TPSA) is 49.4 Å². The average molecular weight is 382 g/mol. The molecule has 0 fully saturated rings. The van der Waals surface area contributed by atoms with Crippen LogP contribution in [0.3, 0.4) is 0 Å². The van der Waals surface area contributed by atoms with E-state index in [4.69, 9.17) is 5.10 Å². The molecule has 5 aromatic rings. The summed E-state index contributed by atoms with van der Waals surface area (Å²) in [5.74, 6) is -0.319. The number of nitrogens with zero attached hydrogens (tertiary/aromatic N) is 2. The van der Waals surface area contributed by atoms with Gasteiger partial charge in [0.1, 0.15) is 5.82 Å². The first-order valence-electron chi connectivity index (χ1n) is 9.47. The second kappa shape index (κ2) is 7.28. The fourth-order valence-electron chi connectivity index (χ4n) is 3.69. The van der Waals surface area contributed by atoms with E-state index in [2.05, 4.69) is 28.3 Å². The molecule has 2 aromatic carbocycles. The molecule has 0 radical (unpaired) electrons. The van der Waals surface area contributed by atoms with Crippen molar-refractivity contribution in [3.63, 3.8) is 0 Å². The standard InChI is InChI=1S/C24H19FN4/c25-18-12-10-17(11-13-18)24-20(16-29(28-24)19-6-2-1-3-7-19)23(21-8-4-14-26-21)22-9-5-15-27-22/h1-16,23,26-27H. The van der Waals surface area contributed by atoms with Gasteiger partial charge in [-0.05, 0) is 60.7 Å². The van der Waals surface area contributed by atoms with Crippen molar-refractivity contribution in [2.24, 2.45) is 0 Å².